The molecule has 1 aromatic rings. The van der Waals surface area contributed by atoms with E-state index in [2.05, 4.69) is 4.98 Å². The summed E-state index contributed by atoms with van der Waals surface area (Å²) >= 11 is 0. The van der Waals surface area contributed by atoms with Crippen LogP contribution >= 0.6 is 0 Å². The summed E-state index contributed by atoms with van der Waals surface area (Å²) in [5.41, 5.74) is 0.462. The summed E-state index contributed by atoms with van der Waals surface area (Å²) in [6.45, 7) is 1.13. The average Bonchev–Trinajstić information content (AvgIpc) is 2.04. The zero-order valence-corrected chi connectivity index (χ0v) is 7.30. The zero-order chi connectivity index (χ0) is 9.90. The minimum absolute atomic E-state index is 0.0888. The van der Waals surface area contributed by atoms with Gasteiger partial charge < -0.3 is 5.11 Å². The van der Waals surface area contributed by atoms with Crippen molar-refractivity contribution in [1.82, 2.24) is 4.98 Å². The minimum atomic E-state index is -2.96. The van der Waals surface area contributed by atoms with Gasteiger partial charge in [0.2, 0.25) is 0 Å². The van der Waals surface area contributed by atoms with Crippen LogP contribution in [0.4, 0.5) is 8.78 Å². The second kappa shape index (κ2) is 3.79. The molecular weight excluding hydrogens is 176 g/mol. The van der Waals surface area contributed by atoms with Crippen molar-refractivity contribution < 1.29 is 13.9 Å². The van der Waals surface area contributed by atoms with Crippen molar-refractivity contribution in [2.75, 3.05) is 6.61 Å². The molecule has 0 saturated carbocycles. The molecule has 1 heterocycles. The molecule has 0 atom stereocenters. The van der Waals surface area contributed by atoms with Crippen molar-refractivity contribution in [3.05, 3.63) is 29.6 Å². The number of hydrogen-bond acceptors (Lipinski definition) is 2. The molecule has 1 rings (SSSR count). The predicted octanol–water partition coefficient (Wildman–Crippen LogP) is 1.86. The molecule has 0 saturated heterocycles. The maximum Gasteiger partial charge on any atom is 0.275 e. The fraction of sp³-hybridized carbons (Fsp3) is 0.444. The molecule has 72 valence electrons. The summed E-state index contributed by atoms with van der Waals surface area (Å²) in [6.07, 6.45) is 0.798. The molecule has 0 aromatic carbocycles. The Balaban J connectivity index is 2.93. The highest BCUT2D eigenvalue weighted by Crippen LogP contribution is 2.30. The lowest BCUT2D eigenvalue weighted by atomic mass is 10.1. The van der Waals surface area contributed by atoms with Crippen LogP contribution in [-0.4, -0.2) is 16.7 Å². The first-order chi connectivity index (χ1) is 6.06. The molecule has 0 radical (unpaired) electrons. The van der Waals surface area contributed by atoms with Crippen LogP contribution in [-0.2, 0) is 5.92 Å². The minimum Gasteiger partial charge on any atom is -0.396 e. The van der Waals surface area contributed by atoms with Gasteiger partial charge in [-0.05, 0) is 19.1 Å². The number of nitrogens with zero attached hydrogens (tertiary/aromatic N) is 1. The first-order valence-corrected chi connectivity index (χ1v) is 3.98. The number of alkyl halides is 2. The molecule has 2 nitrogen and oxygen atoms in total. The Kier molecular flexibility index (Phi) is 2.93. The smallest absolute Gasteiger partial charge is 0.275 e. The quantitative estimate of drug-likeness (QED) is 0.783. The van der Waals surface area contributed by atoms with Gasteiger partial charge in [0.1, 0.15) is 0 Å². The van der Waals surface area contributed by atoms with E-state index in [1.165, 1.54) is 18.3 Å². The molecule has 13 heavy (non-hydrogen) atoms. The maximum absolute atomic E-state index is 13.1. The van der Waals surface area contributed by atoms with E-state index >= 15 is 0 Å². The van der Waals surface area contributed by atoms with Crippen LogP contribution < -0.4 is 0 Å². The van der Waals surface area contributed by atoms with E-state index in [-0.39, 0.29) is 5.56 Å². The Bertz CT molecular complexity index is 289. The normalized spacial score (nSPS) is 11.7. The number of pyridine rings is 1. The first-order valence-electron chi connectivity index (χ1n) is 3.98. The largest absolute Gasteiger partial charge is 0.396 e. The van der Waals surface area contributed by atoms with Crippen LogP contribution in [0.15, 0.2) is 18.3 Å². The van der Waals surface area contributed by atoms with Crippen LogP contribution in [0, 0.1) is 6.92 Å². The van der Waals surface area contributed by atoms with E-state index in [4.69, 9.17) is 5.11 Å². The standard InChI is InChI=1S/C9H11F2NO/c1-7-6-8(2-4-12-7)9(10,11)3-5-13/h2,4,6,13H,3,5H2,1H3. The van der Waals surface area contributed by atoms with Crippen LogP contribution in [0.1, 0.15) is 17.7 Å². The predicted molar refractivity (Wildman–Crippen MR) is 44.6 cm³/mol. The Morgan fingerprint density at radius 2 is 2.23 bits per heavy atom. The first kappa shape index (κ1) is 10.1. The summed E-state index contributed by atoms with van der Waals surface area (Å²) < 4.78 is 26.3. The highest BCUT2D eigenvalue weighted by Gasteiger charge is 2.30. The lowest BCUT2D eigenvalue weighted by molar-refractivity contribution is -0.0270. The summed E-state index contributed by atoms with van der Waals surface area (Å²) in [7, 11) is 0. The van der Waals surface area contributed by atoms with E-state index in [0.717, 1.165) is 0 Å². The third kappa shape index (κ3) is 2.45. The van der Waals surface area contributed by atoms with Gasteiger partial charge in [-0.2, -0.15) is 0 Å². The molecule has 1 N–H and O–H groups in total. The number of aryl methyl sites for hydroxylation is 1. The summed E-state index contributed by atoms with van der Waals surface area (Å²) in [5.74, 6) is -2.96. The van der Waals surface area contributed by atoms with Gasteiger partial charge in [0, 0.05) is 30.5 Å². The van der Waals surface area contributed by atoms with Gasteiger partial charge in [0.25, 0.3) is 5.92 Å². The highest BCUT2D eigenvalue weighted by atomic mass is 19.3. The number of aliphatic hydroxyl groups excluding tert-OH is 1. The second-order valence-corrected chi connectivity index (χ2v) is 2.86. The van der Waals surface area contributed by atoms with Crippen molar-refractivity contribution in [3.63, 3.8) is 0 Å². The van der Waals surface area contributed by atoms with Crippen molar-refractivity contribution >= 4 is 0 Å². The van der Waals surface area contributed by atoms with Gasteiger partial charge in [0.15, 0.2) is 0 Å². The highest BCUT2D eigenvalue weighted by molar-refractivity contribution is 5.20. The van der Waals surface area contributed by atoms with Crippen molar-refractivity contribution in [2.24, 2.45) is 0 Å². The van der Waals surface area contributed by atoms with Crippen molar-refractivity contribution in [3.8, 4) is 0 Å². The van der Waals surface area contributed by atoms with Gasteiger partial charge in [0.05, 0.1) is 0 Å². The van der Waals surface area contributed by atoms with E-state index < -0.39 is 19.0 Å². The Morgan fingerprint density at radius 3 is 2.77 bits per heavy atom. The van der Waals surface area contributed by atoms with Crippen LogP contribution in [0.3, 0.4) is 0 Å². The van der Waals surface area contributed by atoms with Crippen molar-refractivity contribution in [1.29, 1.82) is 0 Å². The summed E-state index contributed by atoms with van der Waals surface area (Å²) in [5, 5.41) is 8.44. The van der Waals surface area contributed by atoms with E-state index in [1.54, 1.807) is 6.92 Å². The van der Waals surface area contributed by atoms with E-state index in [1.807, 2.05) is 0 Å². The topological polar surface area (TPSA) is 33.1 Å². The average molecular weight is 187 g/mol. The number of hydrogen-bond donors (Lipinski definition) is 1. The molecule has 1 aromatic heterocycles. The molecule has 0 spiro atoms. The molecule has 0 unspecified atom stereocenters. The SMILES string of the molecule is Cc1cc(C(F)(F)CCO)ccn1. The summed E-state index contributed by atoms with van der Waals surface area (Å²) in [6, 6.07) is 2.60. The lowest BCUT2D eigenvalue weighted by Crippen LogP contribution is -2.15. The Hall–Kier alpha value is -1.03. The third-order valence-corrected chi connectivity index (χ3v) is 1.74. The molecule has 0 bridgehead atoms. The van der Waals surface area contributed by atoms with Crippen LogP contribution in [0.2, 0.25) is 0 Å². The van der Waals surface area contributed by atoms with E-state index in [0.29, 0.717) is 5.69 Å². The van der Waals surface area contributed by atoms with Crippen LogP contribution in [0.5, 0.6) is 0 Å². The second-order valence-electron chi connectivity index (χ2n) is 2.86. The fourth-order valence-corrected chi connectivity index (χ4v) is 1.06. The zero-order valence-electron chi connectivity index (χ0n) is 7.30. The number of aromatic nitrogens is 1. The molecule has 0 aliphatic heterocycles. The fourth-order valence-electron chi connectivity index (χ4n) is 1.06. The molecular formula is C9H11F2NO. The number of rotatable bonds is 3. The Labute approximate surface area is 75.2 Å². The lowest BCUT2D eigenvalue weighted by Gasteiger charge is -2.15. The molecule has 4 heteroatoms. The summed E-state index contributed by atoms with van der Waals surface area (Å²) in [4.78, 5) is 3.82. The van der Waals surface area contributed by atoms with Gasteiger partial charge in [-0.3, -0.25) is 4.98 Å². The maximum atomic E-state index is 13.1. The van der Waals surface area contributed by atoms with E-state index in [9.17, 15) is 8.78 Å². The molecule has 0 aliphatic carbocycles. The number of aliphatic hydroxyl groups is 1. The Morgan fingerprint density at radius 1 is 1.54 bits per heavy atom. The van der Waals surface area contributed by atoms with Gasteiger partial charge >= 0.3 is 0 Å². The molecule has 0 fully saturated rings. The molecule has 0 amide bonds. The third-order valence-electron chi connectivity index (χ3n) is 1.74. The van der Waals surface area contributed by atoms with Gasteiger partial charge in [-0.25, -0.2) is 8.78 Å². The van der Waals surface area contributed by atoms with Gasteiger partial charge in [-0.15, -0.1) is 0 Å². The van der Waals surface area contributed by atoms with Gasteiger partial charge in [-0.1, -0.05) is 0 Å². The number of halogens is 2. The monoisotopic (exact) mass is 187 g/mol. The van der Waals surface area contributed by atoms with Crippen molar-refractivity contribution in [2.45, 2.75) is 19.3 Å². The molecule has 0 aliphatic rings. The van der Waals surface area contributed by atoms with Crippen LogP contribution in [0.25, 0.3) is 0 Å².